The maximum atomic E-state index is 11.9. The molecule has 0 bridgehead atoms. The second-order valence-corrected chi connectivity index (χ2v) is 4.78. The average molecular weight is 265 g/mol. The fourth-order valence-electron chi connectivity index (χ4n) is 1.81. The van der Waals surface area contributed by atoms with Gasteiger partial charge in [0.15, 0.2) is 0 Å². The molecule has 5 nitrogen and oxygen atoms in total. The molecular formula is C14H23N3O2. The molecule has 1 heterocycles. The minimum Gasteiger partial charge on any atom is -0.396 e. The molecule has 0 saturated heterocycles. The lowest BCUT2D eigenvalue weighted by molar-refractivity contribution is -0.118. The van der Waals surface area contributed by atoms with Crippen LogP contribution in [0.4, 0.5) is 0 Å². The van der Waals surface area contributed by atoms with Crippen LogP contribution in [0.2, 0.25) is 0 Å². The van der Waals surface area contributed by atoms with Crippen LogP contribution in [-0.2, 0) is 11.3 Å². The maximum Gasteiger partial charge on any atom is 0.244 e. The Balaban J connectivity index is 2.64. The monoisotopic (exact) mass is 265 g/mol. The highest BCUT2D eigenvalue weighted by Gasteiger charge is 2.22. The van der Waals surface area contributed by atoms with Crippen LogP contribution in [0.5, 0.6) is 0 Å². The number of nitrogens with one attached hydrogen (secondary N) is 1. The molecule has 0 aliphatic heterocycles. The minimum absolute atomic E-state index is 0.0641. The van der Waals surface area contributed by atoms with Crippen LogP contribution in [0.3, 0.4) is 0 Å². The summed E-state index contributed by atoms with van der Waals surface area (Å²) in [7, 11) is 0. The summed E-state index contributed by atoms with van der Waals surface area (Å²) in [5, 5.41) is 11.9. The summed E-state index contributed by atoms with van der Waals surface area (Å²) in [6.45, 7) is 6.83. The molecule has 1 aromatic heterocycles. The number of aliphatic hydroxyl groups excluding tert-OH is 1. The van der Waals surface area contributed by atoms with E-state index >= 15 is 0 Å². The summed E-state index contributed by atoms with van der Waals surface area (Å²) >= 11 is 0. The highest BCUT2D eigenvalue weighted by Crippen LogP contribution is 2.13. The second kappa shape index (κ2) is 7.09. The standard InChI is InChI=1S/C14H23N3O2/c1-4-14(3,8-11-18)16-13(19)7-6-12-15-9-10-17(12)5-2/h6-7,9-10,18H,4-5,8,11H2,1-3H3,(H,16,19)/b7-6+. The topological polar surface area (TPSA) is 67.2 Å². The molecule has 0 spiro atoms. The molecule has 1 amide bonds. The molecule has 2 N–H and O–H groups in total. The molecule has 1 atom stereocenters. The first-order chi connectivity index (χ1) is 9.04. The number of hydrogen-bond donors (Lipinski definition) is 2. The van der Waals surface area contributed by atoms with Gasteiger partial charge in [-0.1, -0.05) is 6.92 Å². The molecule has 0 fully saturated rings. The Morgan fingerprint density at radius 1 is 1.58 bits per heavy atom. The Bertz CT molecular complexity index is 440. The number of aliphatic hydroxyl groups is 1. The highest BCUT2D eigenvalue weighted by atomic mass is 16.3. The molecule has 19 heavy (non-hydrogen) atoms. The molecule has 106 valence electrons. The third-order valence-corrected chi connectivity index (χ3v) is 3.34. The van der Waals surface area contributed by atoms with Crippen LogP contribution in [0.1, 0.15) is 39.4 Å². The number of hydrogen-bond acceptors (Lipinski definition) is 3. The van der Waals surface area contributed by atoms with Gasteiger partial charge in [-0.25, -0.2) is 4.98 Å². The first-order valence-electron chi connectivity index (χ1n) is 6.67. The zero-order chi connectivity index (χ0) is 14.3. The van der Waals surface area contributed by atoms with Gasteiger partial charge in [0, 0.05) is 37.2 Å². The molecule has 1 unspecified atom stereocenters. The lowest BCUT2D eigenvalue weighted by Crippen LogP contribution is -2.45. The van der Waals surface area contributed by atoms with Gasteiger partial charge >= 0.3 is 0 Å². The molecule has 0 saturated carbocycles. The highest BCUT2D eigenvalue weighted by molar-refractivity contribution is 5.91. The number of amides is 1. The van der Waals surface area contributed by atoms with E-state index in [0.717, 1.165) is 18.8 Å². The normalized spacial score (nSPS) is 14.5. The smallest absolute Gasteiger partial charge is 0.244 e. The number of carbonyl (C=O) groups excluding carboxylic acids is 1. The van der Waals surface area contributed by atoms with E-state index in [1.54, 1.807) is 12.3 Å². The first-order valence-corrected chi connectivity index (χ1v) is 6.67. The number of aromatic nitrogens is 2. The van der Waals surface area contributed by atoms with Crippen LogP contribution in [0, 0.1) is 0 Å². The third-order valence-electron chi connectivity index (χ3n) is 3.34. The van der Waals surface area contributed by atoms with Crippen molar-refractivity contribution < 1.29 is 9.90 Å². The van der Waals surface area contributed by atoms with E-state index in [2.05, 4.69) is 10.3 Å². The van der Waals surface area contributed by atoms with Gasteiger partial charge in [0.25, 0.3) is 0 Å². The first kappa shape index (κ1) is 15.4. The quantitative estimate of drug-likeness (QED) is 0.736. The van der Waals surface area contributed by atoms with Gasteiger partial charge in [-0.15, -0.1) is 0 Å². The lowest BCUT2D eigenvalue weighted by atomic mass is 9.95. The van der Waals surface area contributed by atoms with Gasteiger partial charge < -0.3 is 15.0 Å². The number of imidazole rings is 1. The minimum atomic E-state index is -0.365. The van der Waals surface area contributed by atoms with Crippen LogP contribution in [0.15, 0.2) is 18.5 Å². The van der Waals surface area contributed by atoms with Crippen molar-refractivity contribution in [2.75, 3.05) is 6.61 Å². The van der Waals surface area contributed by atoms with E-state index in [1.807, 2.05) is 31.5 Å². The third kappa shape index (κ3) is 4.52. The summed E-state index contributed by atoms with van der Waals surface area (Å²) in [5.41, 5.74) is -0.365. The number of rotatable bonds is 7. The molecule has 1 aromatic rings. The van der Waals surface area contributed by atoms with Crippen molar-refractivity contribution in [1.29, 1.82) is 0 Å². The van der Waals surface area contributed by atoms with Crippen molar-refractivity contribution >= 4 is 12.0 Å². The fourth-order valence-corrected chi connectivity index (χ4v) is 1.81. The number of carbonyl (C=O) groups is 1. The van der Waals surface area contributed by atoms with E-state index in [9.17, 15) is 4.79 Å². The molecule has 5 heteroatoms. The molecule has 0 aliphatic carbocycles. The van der Waals surface area contributed by atoms with Gasteiger partial charge in [0.1, 0.15) is 5.82 Å². The summed E-state index contributed by atoms with van der Waals surface area (Å²) in [6, 6.07) is 0. The van der Waals surface area contributed by atoms with E-state index in [4.69, 9.17) is 5.11 Å². The van der Waals surface area contributed by atoms with Crippen LogP contribution in [-0.4, -0.2) is 32.7 Å². The predicted molar refractivity (Wildman–Crippen MR) is 75.5 cm³/mol. The van der Waals surface area contributed by atoms with Gasteiger partial charge in [-0.05, 0) is 32.8 Å². The van der Waals surface area contributed by atoms with Crippen molar-refractivity contribution in [3.8, 4) is 0 Å². The molecular weight excluding hydrogens is 242 g/mol. The van der Waals surface area contributed by atoms with Crippen LogP contribution < -0.4 is 5.32 Å². The summed E-state index contributed by atoms with van der Waals surface area (Å²) < 4.78 is 1.95. The predicted octanol–water partition coefficient (Wildman–Crippen LogP) is 1.58. The van der Waals surface area contributed by atoms with Gasteiger partial charge in [-0.3, -0.25) is 4.79 Å². The van der Waals surface area contributed by atoms with E-state index < -0.39 is 0 Å². The van der Waals surface area contributed by atoms with Crippen molar-refractivity contribution in [3.63, 3.8) is 0 Å². The molecule has 0 radical (unpaired) electrons. The number of aryl methyl sites for hydroxylation is 1. The Labute approximate surface area is 114 Å². The van der Waals surface area contributed by atoms with Crippen molar-refractivity contribution in [3.05, 3.63) is 24.3 Å². The van der Waals surface area contributed by atoms with Gasteiger partial charge in [-0.2, -0.15) is 0 Å². The number of nitrogens with zero attached hydrogens (tertiary/aromatic N) is 2. The fraction of sp³-hybridized carbons (Fsp3) is 0.571. The van der Waals surface area contributed by atoms with Gasteiger partial charge in [0.2, 0.25) is 5.91 Å². The Kier molecular flexibility index (Phi) is 5.76. The van der Waals surface area contributed by atoms with Crippen molar-refractivity contribution in [1.82, 2.24) is 14.9 Å². The zero-order valence-corrected chi connectivity index (χ0v) is 11.9. The molecule has 0 aliphatic rings. The van der Waals surface area contributed by atoms with Crippen LogP contribution in [0.25, 0.3) is 6.08 Å². The summed E-state index contributed by atoms with van der Waals surface area (Å²) in [5.74, 6) is 0.599. The maximum absolute atomic E-state index is 11.9. The summed E-state index contributed by atoms with van der Waals surface area (Å²) in [6.07, 6.45) is 8.10. The van der Waals surface area contributed by atoms with E-state index in [-0.39, 0.29) is 18.1 Å². The van der Waals surface area contributed by atoms with Crippen molar-refractivity contribution in [2.24, 2.45) is 0 Å². The summed E-state index contributed by atoms with van der Waals surface area (Å²) in [4.78, 5) is 16.0. The lowest BCUT2D eigenvalue weighted by Gasteiger charge is -2.28. The SMILES string of the molecule is CCn1ccnc1/C=C/C(=O)NC(C)(CC)CCO. The van der Waals surface area contributed by atoms with Gasteiger partial charge in [0.05, 0.1) is 0 Å². The van der Waals surface area contributed by atoms with Crippen molar-refractivity contribution in [2.45, 2.75) is 45.7 Å². The molecule has 0 aromatic carbocycles. The largest absolute Gasteiger partial charge is 0.396 e. The molecule has 1 rings (SSSR count). The Hall–Kier alpha value is -1.62. The van der Waals surface area contributed by atoms with E-state index in [1.165, 1.54) is 6.08 Å². The Morgan fingerprint density at radius 3 is 2.89 bits per heavy atom. The average Bonchev–Trinajstić information content (AvgIpc) is 2.84. The van der Waals surface area contributed by atoms with Crippen LogP contribution >= 0.6 is 0 Å². The Morgan fingerprint density at radius 2 is 2.32 bits per heavy atom. The second-order valence-electron chi connectivity index (χ2n) is 4.78. The zero-order valence-electron chi connectivity index (χ0n) is 11.9. The van der Waals surface area contributed by atoms with E-state index in [0.29, 0.717) is 6.42 Å².